The van der Waals surface area contributed by atoms with E-state index in [0.29, 0.717) is 11.0 Å². The van der Waals surface area contributed by atoms with Gasteiger partial charge in [-0.25, -0.2) is 4.79 Å². The maximum atomic E-state index is 10.6. The molecule has 5 heteroatoms. The Morgan fingerprint density at radius 2 is 2.23 bits per heavy atom. The van der Waals surface area contributed by atoms with Crippen LogP contribution in [0.25, 0.3) is 0 Å². The lowest BCUT2D eigenvalue weighted by Gasteiger charge is -2.11. The number of carbonyl (C=O) groups is 2. The van der Waals surface area contributed by atoms with Crippen molar-refractivity contribution >= 4 is 23.6 Å². The molecule has 1 fully saturated rings. The summed E-state index contributed by atoms with van der Waals surface area (Å²) in [6.45, 7) is 1.33. The van der Waals surface area contributed by atoms with Gasteiger partial charge in [0.2, 0.25) is 5.91 Å². The molecule has 0 aliphatic heterocycles. The van der Waals surface area contributed by atoms with Crippen molar-refractivity contribution in [2.75, 3.05) is 5.75 Å². The molecule has 1 amide bonds. The maximum absolute atomic E-state index is 10.6. The van der Waals surface area contributed by atoms with Gasteiger partial charge >= 0.3 is 5.97 Å². The Kier molecular flexibility index (Phi) is 3.59. The quantitative estimate of drug-likeness (QED) is 0.681. The molecule has 1 atom stereocenters. The molecular weight excluding hydrogens is 190 g/mol. The minimum Gasteiger partial charge on any atom is -0.480 e. The normalized spacial score (nSPS) is 17.9. The number of rotatable bonds is 5. The van der Waals surface area contributed by atoms with Gasteiger partial charge in [-0.15, -0.1) is 0 Å². The number of hydrogen-bond acceptors (Lipinski definition) is 3. The molecule has 0 bridgehead atoms. The summed E-state index contributed by atoms with van der Waals surface area (Å²) in [4.78, 5) is 21.3. The van der Waals surface area contributed by atoms with Crippen molar-refractivity contribution in [3.8, 4) is 0 Å². The van der Waals surface area contributed by atoms with Gasteiger partial charge in [0.1, 0.15) is 6.04 Å². The molecule has 2 N–H and O–H groups in total. The summed E-state index contributed by atoms with van der Waals surface area (Å²) in [5.41, 5.74) is 0. The number of amides is 1. The standard InChI is InChI=1S/C8H13NO3S/c1-5(10)9-7(8(11)12)4-13-6-2-3-6/h6-7H,2-4H2,1H3,(H,9,10)(H,11,12). The van der Waals surface area contributed by atoms with Crippen LogP contribution >= 0.6 is 11.8 Å². The molecule has 74 valence electrons. The van der Waals surface area contributed by atoms with Crippen LogP contribution in [0.4, 0.5) is 0 Å². The van der Waals surface area contributed by atoms with E-state index in [9.17, 15) is 9.59 Å². The van der Waals surface area contributed by atoms with Gasteiger partial charge in [0.15, 0.2) is 0 Å². The highest BCUT2D eigenvalue weighted by atomic mass is 32.2. The van der Waals surface area contributed by atoms with Crippen molar-refractivity contribution in [3.05, 3.63) is 0 Å². The third-order valence-corrected chi connectivity index (χ3v) is 3.17. The van der Waals surface area contributed by atoms with Crippen LogP contribution in [-0.4, -0.2) is 34.0 Å². The van der Waals surface area contributed by atoms with Crippen molar-refractivity contribution in [2.24, 2.45) is 0 Å². The van der Waals surface area contributed by atoms with Crippen LogP contribution in [0.5, 0.6) is 0 Å². The third kappa shape index (κ3) is 4.17. The van der Waals surface area contributed by atoms with Crippen molar-refractivity contribution in [3.63, 3.8) is 0 Å². The first-order valence-corrected chi connectivity index (χ1v) is 5.26. The van der Waals surface area contributed by atoms with E-state index in [1.165, 1.54) is 19.8 Å². The van der Waals surface area contributed by atoms with E-state index in [1.54, 1.807) is 11.8 Å². The van der Waals surface area contributed by atoms with Gasteiger partial charge < -0.3 is 10.4 Å². The van der Waals surface area contributed by atoms with Crippen LogP contribution in [0.2, 0.25) is 0 Å². The van der Waals surface area contributed by atoms with Crippen LogP contribution < -0.4 is 5.32 Å². The van der Waals surface area contributed by atoms with E-state index in [1.807, 2.05) is 0 Å². The molecule has 0 aromatic heterocycles. The molecule has 1 saturated carbocycles. The summed E-state index contributed by atoms with van der Waals surface area (Å²) < 4.78 is 0. The second kappa shape index (κ2) is 4.50. The van der Waals surface area contributed by atoms with Crippen molar-refractivity contribution in [1.29, 1.82) is 0 Å². The zero-order valence-electron chi connectivity index (χ0n) is 7.45. The van der Waals surface area contributed by atoms with E-state index in [0.717, 1.165) is 0 Å². The SMILES string of the molecule is CC(=O)NC(CSC1CC1)C(=O)O. The molecule has 1 aliphatic carbocycles. The van der Waals surface area contributed by atoms with Crippen molar-refractivity contribution in [1.82, 2.24) is 5.32 Å². The smallest absolute Gasteiger partial charge is 0.327 e. The zero-order chi connectivity index (χ0) is 9.84. The topological polar surface area (TPSA) is 66.4 Å². The van der Waals surface area contributed by atoms with E-state index < -0.39 is 12.0 Å². The Labute approximate surface area is 81.1 Å². The zero-order valence-corrected chi connectivity index (χ0v) is 8.26. The first-order chi connectivity index (χ1) is 6.09. The highest BCUT2D eigenvalue weighted by Crippen LogP contribution is 2.34. The number of thioether (sulfide) groups is 1. The lowest BCUT2D eigenvalue weighted by atomic mass is 10.3. The van der Waals surface area contributed by atoms with Crippen LogP contribution in [0.1, 0.15) is 19.8 Å². The average molecular weight is 203 g/mol. The lowest BCUT2D eigenvalue weighted by molar-refractivity contribution is -0.140. The molecule has 1 rings (SSSR count). The molecule has 0 spiro atoms. The van der Waals surface area contributed by atoms with E-state index >= 15 is 0 Å². The van der Waals surface area contributed by atoms with Gasteiger partial charge in [-0.05, 0) is 12.8 Å². The summed E-state index contributed by atoms with van der Waals surface area (Å²) >= 11 is 1.63. The van der Waals surface area contributed by atoms with Crippen molar-refractivity contribution < 1.29 is 14.7 Å². The predicted octanol–water partition coefficient (Wildman–Crippen LogP) is 0.471. The molecule has 1 aliphatic rings. The van der Waals surface area contributed by atoms with Crippen LogP contribution in [0, 0.1) is 0 Å². The predicted molar refractivity (Wildman–Crippen MR) is 50.7 cm³/mol. The number of carbonyl (C=O) groups excluding carboxylic acids is 1. The van der Waals surface area contributed by atoms with E-state index in [-0.39, 0.29) is 5.91 Å². The minimum absolute atomic E-state index is 0.288. The van der Waals surface area contributed by atoms with Crippen LogP contribution in [0.15, 0.2) is 0 Å². The van der Waals surface area contributed by atoms with Gasteiger partial charge in [-0.2, -0.15) is 11.8 Å². The second-order valence-electron chi connectivity index (χ2n) is 3.12. The van der Waals surface area contributed by atoms with Gasteiger partial charge in [-0.3, -0.25) is 4.79 Å². The monoisotopic (exact) mass is 203 g/mol. The molecule has 1 unspecified atom stereocenters. The molecule has 0 saturated heterocycles. The fraction of sp³-hybridized carbons (Fsp3) is 0.750. The number of carboxylic acid groups (broad SMARTS) is 1. The Hall–Kier alpha value is -0.710. The lowest BCUT2D eigenvalue weighted by Crippen LogP contribution is -2.41. The average Bonchev–Trinajstić information content (AvgIpc) is 2.79. The first-order valence-electron chi connectivity index (χ1n) is 4.21. The largest absolute Gasteiger partial charge is 0.480 e. The maximum Gasteiger partial charge on any atom is 0.327 e. The Morgan fingerprint density at radius 3 is 2.62 bits per heavy atom. The molecule has 0 aromatic carbocycles. The Morgan fingerprint density at radius 1 is 1.62 bits per heavy atom. The molecule has 13 heavy (non-hydrogen) atoms. The van der Waals surface area contributed by atoms with E-state index in [2.05, 4.69) is 5.32 Å². The highest BCUT2D eigenvalue weighted by molar-refractivity contribution is 8.00. The van der Waals surface area contributed by atoms with Gasteiger partial charge in [0, 0.05) is 17.9 Å². The summed E-state index contributed by atoms with van der Waals surface area (Å²) in [7, 11) is 0. The second-order valence-corrected chi connectivity index (χ2v) is 4.46. The molecular formula is C8H13NO3S. The van der Waals surface area contributed by atoms with E-state index in [4.69, 9.17) is 5.11 Å². The Balaban J connectivity index is 2.27. The van der Waals surface area contributed by atoms with Gasteiger partial charge in [0.25, 0.3) is 0 Å². The van der Waals surface area contributed by atoms with Gasteiger partial charge in [-0.1, -0.05) is 0 Å². The molecule has 0 aromatic rings. The minimum atomic E-state index is -0.955. The van der Waals surface area contributed by atoms with Gasteiger partial charge in [0.05, 0.1) is 0 Å². The molecule has 0 radical (unpaired) electrons. The number of hydrogen-bond donors (Lipinski definition) is 2. The molecule has 4 nitrogen and oxygen atoms in total. The third-order valence-electron chi connectivity index (χ3n) is 1.70. The number of nitrogens with one attached hydrogen (secondary N) is 1. The Bertz CT molecular complexity index is 215. The number of carboxylic acids is 1. The fourth-order valence-corrected chi connectivity index (χ4v) is 2.05. The summed E-state index contributed by atoms with van der Waals surface area (Å²) in [6, 6.07) is -0.733. The summed E-state index contributed by atoms with van der Waals surface area (Å²) in [5, 5.41) is 11.8. The first kappa shape index (κ1) is 10.4. The summed E-state index contributed by atoms with van der Waals surface area (Å²) in [6.07, 6.45) is 2.36. The highest BCUT2D eigenvalue weighted by Gasteiger charge is 2.26. The molecule has 0 heterocycles. The fourth-order valence-electron chi connectivity index (χ4n) is 0.887. The van der Waals surface area contributed by atoms with Crippen LogP contribution in [-0.2, 0) is 9.59 Å². The number of aliphatic carboxylic acids is 1. The van der Waals surface area contributed by atoms with Crippen LogP contribution in [0.3, 0.4) is 0 Å². The summed E-state index contributed by atoms with van der Waals surface area (Å²) in [5.74, 6) is -0.772. The van der Waals surface area contributed by atoms with Crippen molar-refractivity contribution in [2.45, 2.75) is 31.1 Å².